The van der Waals surface area contributed by atoms with Gasteiger partial charge in [0.1, 0.15) is 10.8 Å². The molecule has 0 atom stereocenters. The summed E-state index contributed by atoms with van der Waals surface area (Å²) in [7, 11) is 1.34. The third kappa shape index (κ3) is 3.92. The summed E-state index contributed by atoms with van der Waals surface area (Å²) in [5, 5.41) is 0.727. The Labute approximate surface area is 154 Å². The second-order valence-electron chi connectivity index (χ2n) is 5.09. The van der Waals surface area contributed by atoms with Gasteiger partial charge in [-0.1, -0.05) is 47.5 Å². The summed E-state index contributed by atoms with van der Waals surface area (Å²) in [5.74, 6) is 0.382. The summed E-state index contributed by atoms with van der Waals surface area (Å²) in [6, 6.07) is 17.5. The van der Waals surface area contributed by atoms with Gasteiger partial charge in [0.05, 0.1) is 23.4 Å². The van der Waals surface area contributed by atoms with Crippen molar-refractivity contribution in [2.24, 2.45) is 0 Å². The number of rotatable bonds is 4. The summed E-state index contributed by atoms with van der Waals surface area (Å²) >= 11 is 12.1. The minimum Gasteiger partial charge on any atom is -0.465 e. The SMILES string of the molecule is COC(=O)c1cccc(-c2cccc(Oc3cccc(Cl)c3Cl)n2)c1. The molecule has 0 aliphatic rings. The molecule has 0 fully saturated rings. The number of aromatic nitrogens is 1. The maximum absolute atomic E-state index is 11.7. The molecule has 0 N–H and O–H groups in total. The first-order chi connectivity index (χ1) is 12.1. The van der Waals surface area contributed by atoms with Gasteiger partial charge >= 0.3 is 5.97 Å². The first-order valence-corrected chi connectivity index (χ1v) is 8.12. The van der Waals surface area contributed by atoms with E-state index in [4.69, 9.17) is 32.7 Å². The fraction of sp³-hybridized carbons (Fsp3) is 0.0526. The van der Waals surface area contributed by atoms with Gasteiger partial charge < -0.3 is 9.47 Å². The molecule has 0 unspecified atom stereocenters. The molecule has 0 radical (unpaired) electrons. The zero-order valence-electron chi connectivity index (χ0n) is 13.2. The van der Waals surface area contributed by atoms with Crippen LogP contribution in [0.4, 0.5) is 0 Å². The number of nitrogens with zero attached hydrogens (tertiary/aromatic N) is 1. The Morgan fingerprint density at radius 2 is 1.76 bits per heavy atom. The molecule has 0 saturated carbocycles. The minimum atomic E-state index is -0.403. The molecular weight excluding hydrogens is 361 g/mol. The van der Waals surface area contributed by atoms with Gasteiger partial charge in [0.25, 0.3) is 0 Å². The second kappa shape index (κ2) is 7.55. The quantitative estimate of drug-likeness (QED) is 0.555. The maximum atomic E-state index is 11.7. The average Bonchev–Trinajstić information content (AvgIpc) is 2.65. The molecule has 0 bridgehead atoms. The van der Waals surface area contributed by atoms with Gasteiger partial charge in [0.2, 0.25) is 5.88 Å². The predicted octanol–water partition coefficient (Wildman–Crippen LogP) is 5.63. The zero-order chi connectivity index (χ0) is 17.8. The van der Waals surface area contributed by atoms with Crippen LogP contribution in [0, 0.1) is 0 Å². The highest BCUT2D eigenvalue weighted by Crippen LogP contribution is 2.34. The molecule has 4 nitrogen and oxygen atoms in total. The molecule has 0 aliphatic carbocycles. The number of carbonyl (C=O) groups excluding carboxylic acids is 1. The van der Waals surface area contributed by atoms with Crippen LogP contribution >= 0.6 is 23.2 Å². The zero-order valence-corrected chi connectivity index (χ0v) is 14.7. The monoisotopic (exact) mass is 373 g/mol. The van der Waals surface area contributed by atoms with Crippen LogP contribution in [-0.2, 0) is 4.74 Å². The fourth-order valence-corrected chi connectivity index (χ4v) is 2.56. The molecule has 0 spiro atoms. The number of hydrogen-bond donors (Lipinski definition) is 0. The van der Waals surface area contributed by atoms with Crippen molar-refractivity contribution in [3.63, 3.8) is 0 Å². The van der Waals surface area contributed by atoms with Crippen molar-refractivity contribution >= 4 is 29.2 Å². The van der Waals surface area contributed by atoms with E-state index in [1.165, 1.54) is 7.11 Å². The molecule has 6 heteroatoms. The molecule has 1 heterocycles. The molecule has 3 aromatic rings. The van der Waals surface area contributed by atoms with E-state index in [2.05, 4.69) is 4.98 Å². The predicted molar refractivity (Wildman–Crippen MR) is 97.5 cm³/mol. The Balaban J connectivity index is 1.92. The second-order valence-corrected chi connectivity index (χ2v) is 5.87. The van der Waals surface area contributed by atoms with Crippen molar-refractivity contribution in [3.05, 3.63) is 76.3 Å². The third-order valence-corrected chi connectivity index (χ3v) is 4.24. The van der Waals surface area contributed by atoms with Gasteiger partial charge in [-0.25, -0.2) is 9.78 Å². The van der Waals surface area contributed by atoms with Crippen LogP contribution in [0.3, 0.4) is 0 Å². The van der Waals surface area contributed by atoms with Gasteiger partial charge in [-0.15, -0.1) is 0 Å². The number of hydrogen-bond acceptors (Lipinski definition) is 4. The van der Waals surface area contributed by atoms with E-state index in [-0.39, 0.29) is 0 Å². The lowest BCUT2D eigenvalue weighted by molar-refractivity contribution is 0.0601. The van der Waals surface area contributed by atoms with Gasteiger partial charge in [0.15, 0.2) is 0 Å². The molecule has 0 amide bonds. The average molecular weight is 374 g/mol. The number of benzene rings is 2. The van der Waals surface area contributed by atoms with E-state index >= 15 is 0 Å². The van der Waals surface area contributed by atoms with Crippen molar-refractivity contribution in [1.29, 1.82) is 0 Å². The summed E-state index contributed by atoms with van der Waals surface area (Å²) in [6.45, 7) is 0. The first-order valence-electron chi connectivity index (χ1n) is 7.36. The number of methoxy groups -OCH3 is 1. The van der Waals surface area contributed by atoms with Crippen LogP contribution in [0.5, 0.6) is 11.6 Å². The molecule has 126 valence electrons. The molecule has 2 aromatic carbocycles. The number of carbonyl (C=O) groups is 1. The Morgan fingerprint density at radius 1 is 1.00 bits per heavy atom. The highest BCUT2D eigenvalue weighted by atomic mass is 35.5. The van der Waals surface area contributed by atoms with E-state index in [0.717, 1.165) is 5.56 Å². The van der Waals surface area contributed by atoms with Gasteiger partial charge in [-0.05, 0) is 30.3 Å². The largest absolute Gasteiger partial charge is 0.465 e. The van der Waals surface area contributed by atoms with E-state index < -0.39 is 5.97 Å². The van der Waals surface area contributed by atoms with E-state index in [1.54, 1.807) is 48.5 Å². The summed E-state index contributed by atoms with van der Waals surface area (Å²) in [6.07, 6.45) is 0. The van der Waals surface area contributed by atoms with Crippen LogP contribution in [0.2, 0.25) is 10.0 Å². The van der Waals surface area contributed by atoms with Crippen LogP contribution in [0.15, 0.2) is 60.7 Å². The molecule has 1 aromatic heterocycles. The van der Waals surface area contributed by atoms with Crippen LogP contribution < -0.4 is 4.74 Å². The summed E-state index contributed by atoms with van der Waals surface area (Å²) in [5.41, 5.74) is 1.87. The highest BCUT2D eigenvalue weighted by molar-refractivity contribution is 6.42. The molecule has 3 rings (SSSR count). The Morgan fingerprint density at radius 3 is 2.56 bits per heavy atom. The lowest BCUT2D eigenvalue weighted by Crippen LogP contribution is -2.01. The van der Waals surface area contributed by atoms with Crippen LogP contribution in [-0.4, -0.2) is 18.1 Å². The lowest BCUT2D eigenvalue weighted by atomic mass is 10.1. The maximum Gasteiger partial charge on any atom is 0.337 e. The minimum absolute atomic E-state index is 0.323. The van der Waals surface area contributed by atoms with E-state index in [9.17, 15) is 4.79 Å². The number of pyridine rings is 1. The van der Waals surface area contributed by atoms with E-state index in [0.29, 0.717) is 32.9 Å². The summed E-state index contributed by atoms with van der Waals surface area (Å²) < 4.78 is 10.5. The topological polar surface area (TPSA) is 48.4 Å². The van der Waals surface area contributed by atoms with Crippen molar-refractivity contribution < 1.29 is 14.3 Å². The number of esters is 1. The lowest BCUT2D eigenvalue weighted by Gasteiger charge is -2.09. The first kappa shape index (κ1) is 17.3. The summed E-state index contributed by atoms with van der Waals surface area (Å²) in [4.78, 5) is 16.1. The van der Waals surface area contributed by atoms with Crippen molar-refractivity contribution in [2.75, 3.05) is 7.11 Å². The van der Waals surface area contributed by atoms with Crippen molar-refractivity contribution in [3.8, 4) is 22.9 Å². The fourth-order valence-electron chi connectivity index (χ4n) is 2.23. The van der Waals surface area contributed by atoms with Crippen molar-refractivity contribution in [1.82, 2.24) is 4.98 Å². The molecular formula is C19H13Cl2NO3. The third-order valence-electron chi connectivity index (χ3n) is 3.43. The highest BCUT2D eigenvalue weighted by Gasteiger charge is 2.10. The standard InChI is InChI=1S/C19H13Cl2NO3/c1-24-19(23)13-6-2-5-12(11-13)15-8-4-10-17(22-15)25-16-9-3-7-14(20)18(16)21/h2-11H,1H3. The van der Waals surface area contributed by atoms with Gasteiger partial charge in [-0.3, -0.25) is 0 Å². The Bertz CT molecular complexity index is 928. The smallest absolute Gasteiger partial charge is 0.337 e. The number of ether oxygens (including phenoxy) is 2. The van der Waals surface area contributed by atoms with E-state index in [1.807, 2.05) is 12.1 Å². The number of halogens is 2. The van der Waals surface area contributed by atoms with Gasteiger partial charge in [-0.2, -0.15) is 0 Å². The van der Waals surface area contributed by atoms with Crippen molar-refractivity contribution in [2.45, 2.75) is 0 Å². The van der Waals surface area contributed by atoms with Crippen LogP contribution in [0.25, 0.3) is 11.3 Å². The van der Waals surface area contributed by atoms with Crippen LogP contribution in [0.1, 0.15) is 10.4 Å². The molecule has 25 heavy (non-hydrogen) atoms. The Hall–Kier alpha value is -2.56. The van der Waals surface area contributed by atoms with Gasteiger partial charge in [0, 0.05) is 11.6 Å². The normalized spacial score (nSPS) is 10.4. The Kier molecular flexibility index (Phi) is 5.22. The molecule has 0 aliphatic heterocycles. The molecule has 0 saturated heterocycles.